The van der Waals surface area contributed by atoms with E-state index in [0.29, 0.717) is 5.92 Å². The van der Waals surface area contributed by atoms with Crippen LogP contribution in [0.4, 0.5) is 0 Å². The van der Waals surface area contributed by atoms with Gasteiger partial charge in [-0.05, 0) is 85.8 Å². The highest BCUT2D eigenvalue weighted by atomic mass is 79.9. The van der Waals surface area contributed by atoms with Gasteiger partial charge in [0, 0.05) is 17.3 Å². The maximum Gasteiger partial charge on any atom is 0.144 e. The second kappa shape index (κ2) is 7.51. The highest BCUT2D eigenvalue weighted by molar-refractivity contribution is 9.10. The van der Waals surface area contributed by atoms with E-state index >= 15 is 0 Å². The smallest absolute Gasteiger partial charge is 0.144 e. The van der Waals surface area contributed by atoms with Gasteiger partial charge >= 0.3 is 0 Å². The molecule has 0 radical (unpaired) electrons. The molecule has 0 aromatic carbocycles. The Morgan fingerprint density at radius 1 is 0.929 bits per heavy atom. The molecule has 5 atom stereocenters. The molecule has 0 amide bonds. The molecule has 156 valence electrons. The molecule has 3 aliphatic rings. The summed E-state index contributed by atoms with van der Waals surface area (Å²) in [4.78, 5) is 0. The third-order valence-electron chi connectivity index (χ3n) is 7.21. The average Bonchev–Trinajstić information content (AvgIpc) is 2.59. The first-order valence-corrected chi connectivity index (χ1v) is 12.0. The molecule has 0 saturated heterocycles. The third-order valence-corrected chi connectivity index (χ3v) is 9.18. The van der Waals surface area contributed by atoms with Crippen molar-refractivity contribution in [3.8, 4) is 0 Å². The van der Waals surface area contributed by atoms with Gasteiger partial charge in [-0.15, -0.1) is 0 Å². The van der Waals surface area contributed by atoms with Crippen molar-refractivity contribution < 1.29 is 10.2 Å². The largest absolute Gasteiger partial charge is 0.375 e. The summed E-state index contributed by atoms with van der Waals surface area (Å²) in [5.74, 6) is 0.626. The van der Waals surface area contributed by atoms with E-state index in [0.717, 1.165) is 12.8 Å². The zero-order valence-electron chi connectivity index (χ0n) is 17.7. The topological polar surface area (TPSA) is 40.5 Å². The Morgan fingerprint density at radius 3 is 1.79 bits per heavy atom. The molecule has 0 aliphatic heterocycles. The van der Waals surface area contributed by atoms with Gasteiger partial charge in [0.15, 0.2) is 0 Å². The molecular formula is C24H34Br2O2. The van der Waals surface area contributed by atoms with Crippen LogP contribution in [0, 0.1) is 28.6 Å². The van der Waals surface area contributed by atoms with Crippen LogP contribution >= 0.6 is 31.9 Å². The van der Waals surface area contributed by atoms with Crippen molar-refractivity contribution in [3.63, 3.8) is 0 Å². The first kappa shape index (κ1) is 22.5. The highest BCUT2D eigenvalue weighted by Gasteiger charge is 2.47. The van der Waals surface area contributed by atoms with E-state index in [-0.39, 0.29) is 22.7 Å². The minimum Gasteiger partial charge on any atom is -0.375 e. The lowest BCUT2D eigenvalue weighted by molar-refractivity contribution is 0.111. The molecule has 0 bridgehead atoms. The van der Waals surface area contributed by atoms with Crippen LogP contribution in [0.25, 0.3) is 0 Å². The predicted octanol–water partition coefficient (Wildman–Crippen LogP) is 6.64. The SMILES string of the molecule is CC1C=C(C2(C3=CC(C)C(O)(Br)C=C3)CCCC(C(C)(C)C)C2)C=CC1(O)Br. The lowest BCUT2D eigenvalue weighted by atomic mass is 9.56. The summed E-state index contributed by atoms with van der Waals surface area (Å²) in [6.07, 6.45) is 17.2. The molecule has 2 nitrogen and oxygen atoms in total. The Balaban J connectivity index is 2.09. The highest BCUT2D eigenvalue weighted by Crippen LogP contribution is 2.57. The Kier molecular flexibility index (Phi) is 6.04. The van der Waals surface area contributed by atoms with Crippen molar-refractivity contribution in [1.82, 2.24) is 0 Å². The summed E-state index contributed by atoms with van der Waals surface area (Å²) in [7, 11) is 0. The zero-order chi connectivity index (χ0) is 21.0. The van der Waals surface area contributed by atoms with E-state index in [1.54, 1.807) is 0 Å². The van der Waals surface area contributed by atoms with E-state index in [1.165, 1.54) is 24.0 Å². The number of allylic oxidation sites excluding steroid dienone is 4. The Hall–Kier alpha value is -0.160. The van der Waals surface area contributed by atoms with Crippen molar-refractivity contribution in [2.75, 3.05) is 0 Å². The number of hydrogen-bond acceptors (Lipinski definition) is 2. The van der Waals surface area contributed by atoms with Gasteiger partial charge in [0.2, 0.25) is 0 Å². The summed E-state index contributed by atoms with van der Waals surface area (Å²) in [6.45, 7) is 11.2. The molecule has 28 heavy (non-hydrogen) atoms. The van der Waals surface area contributed by atoms with Crippen molar-refractivity contribution in [3.05, 3.63) is 47.6 Å². The van der Waals surface area contributed by atoms with Gasteiger partial charge in [-0.25, -0.2) is 0 Å². The Morgan fingerprint density at radius 2 is 1.39 bits per heavy atom. The Labute approximate surface area is 187 Å². The van der Waals surface area contributed by atoms with Crippen molar-refractivity contribution in [1.29, 1.82) is 0 Å². The molecule has 5 unspecified atom stereocenters. The van der Waals surface area contributed by atoms with E-state index in [1.807, 2.05) is 12.2 Å². The lowest BCUT2D eigenvalue weighted by Crippen LogP contribution is -2.40. The fourth-order valence-electron chi connectivity index (χ4n) is 4.94. The summed E-state index contributed by atoms with van der Waals surface area (Å²) in [6, 6.07) is 0. The fourth-order valence-corrected chi connectivity index (χ4v) is 5.47. The zero-order valence-corrected chi connectivity index (χ0v) is 20.8. The normalized spacial score (nSPS) is 44.2. The molecule has 3 rings (SSSR count). The van der Waals surface area contributed by atoms with Crippen LogP contribution in [-0.4, -0.2) is 19.2 Å². The molecule has 1 fully saturated rings. The monoisotopic (exact) mass is 512 g/mol. The van der Waals surface area contributed by atoms with Gasteiger partial charge in [-0.3, -0.25) is 0 Å². The van der Waals surface area contributed by atoms with E-state index < -0.39 is 9.02 Å². The number of alkyl halides is 2. The molecule has 0 spiro atoms. The van der Waals surface area contributed by atoms with E-state index in [4.69, 9.17) is 0 Å². The fraction of sp³-hybridized carbons (Fsp3) is 0.667. The van der Waals surface area contributed by atoms with E-state index in [9.17, 15) is 10.2 Å². The van der Waals surface area contributed by atoms with Crippen LogP contribution in [0.3, 0.4) is 0 Å². The minimum atomic E-state index is -0.976. The molecule has 2 N–H and O–H groups in total. The number of aliphatic hydroxyl groups is 2. The average molecular weight is 514 g/mol. The first-order valence-electron chi connectivity index (χ1n) is 10.4. The molecule has 0 heterocycles. The molecule has 0 aromatic heterocycles. The van der Waals surface area contributed by atoms with Crippen LogP contribution in [0.1, 0.15) is 60.3 Å². The predicted molar refractivity (Wildman–Crippen MR) is 124 cm³/mol. The summed E-state index contributed by atoms with van der Waals surface area (Å²) < 4.78 is -1.95. The maximum atomic E-state index is 10.6. The number of halogens is 2. The summed E-state index contributed by atoms with van der Waals surface area (Å²) >= 11 is 6.89. The van der Waals surface area contributed by atoms with Gasteiger partial charge in [-0.2, -0.15) is 0 Å². The molecule has 1 saturated carbocycles. The summed E-state index contributed by atoms with van der Waals surface area (Å²) in [5.41, 5.74) is 2.80. The van der Waals surface area contributed by atoms with Gasteiger partial charge in [0.1, 0.15) is 9.02 Å². The maximum absolute atomic E-state index is 10.6. The standard InChI is InChI=1S/C24H34Br2O2/c1-16-13-18(8-11-23(16,25)27)22(10-6-7-20(15-22)21(3,4)5)19-9-12-24(26,28)17(2)14-19/h8-9,11-14,16-17,20,27-28H,6-7,10,15H2,1-5H3. The van der Waals surface area contributed by atoms with Crippen LogP contribution in [0.2, 0.25) is 0 Å². The van der Waals surface area contributed by atoms with Gasteiger partial charge in [-0.1, -0.05) is 65.3 Å². The van der Waals surface area contributed by atoms with Crippen LogP contribution < -0.4 is 0 Å². The first-order chi connectivity index (χ1) is 12.8. The molecule has 0 aromatic rings. The lowest BCUT2D eigenvalue weighted by Gasteiger charge is -2.49. The van der Waals surface area contributed by atoms with Gasteiger partial charge < -0.3 is 10.2 Å². The van der Waals surface area contributed by atoms with Crippen molar-refractivity contribution >= 4 is 31.9 Å². The van der Waals surface area contributed by atoms with E-state index in [2.05, 4.69) is 90.8 Å². The molecule has 4 heteroatoms. The van der Waals surface area contributed by atoms with Gasteiger partial charge in [0.25, 0.3) is 0 Å². The molecular weight excluding hydrogens is 480 g/mol. The third kappa shape index (κ3) is 4.17. The van der Waals surface area contributed by atoms with Crippen molar-refractivity contribution in [2.45, 2.75) is 69.3 Å². The van der Waals surface area contributed by atoms with Crippen LogP contribution in [0.5, 0.6) is 0 Å². The Bertz CT molecular complexity index is 688. The van der Waals surface area contributed by atoms with Crippen LogP contribution in [0.15, 0.2) is 47.6 Å². The second-order valence-electron chi connectivity index (χ2n) is 10.2. The summed E-state index contributed by atoms with van der Waals surface area (Å²) in [5, 5.41) is 21.1. The molecule has 3 aliphatic carbocycles. The van der Waals surface area contributed by atoms with Crippen molar-refractivity contribution in [2.24, 2.45) is 28.6 Å². The number of hydrogen-bond donors (Lipinski definition) is 2. The minimum absolute atomic E-state index is 0.00177. The second-order valence-corrected chi connectivity index (χ2v) is 12.7. The van der Waals surface area contributed by atoms with Gasteiger partial charge in [0.05, 0.1) is 0 Å². The number of rotatable bonds is 2. The van der Waals surface area contributed by atoms with Crippen LogP contribution in [-0.2, 0) is 0 Å². The quantitative estimate of drug-likeness (QED) is 0.406.